The lowest BCUT2D eigenvalue weighted by molar-refractivity contribution is -0.129. The predicted octanol–water partition coefficient (Wildman–Crippen LogP) is 3.82. The number of carbonyl (C=O) groups excluding carboxylic acids is 1. The zero-order chi connectivity index (χ0) is 11.8. The van der Waals surface area contributed by atoms with Gasteiger partial charge in [0.05, 0.1) is 0 Å². The molecular formula is C15H24O. The van der Waals surface area contributed by atoms with E-state index in [-0.39, 0.29) is 0 Å². The molecule has 90 valence electrons. The van der Waals surface area contributed by atoms with E-state index in [1.54, 1.807) is 0 Å². The standard InChI is InChI=1S/C15H24O/c1-10-11-8-13(2,9-12(10)16)15(4)7-5-6-14(11,15)3/h10-11H,5-9H2,1-4H3/t10-,11-,13+,14+,15-/m1/s1. The summed E-state index contributed by atoms with van der Waals surface area (Å²) < 4.78 is 0. The Morgan fingerprint density at radius 3 is 2.56 bits per heavy atom. The number of fused-ring (bicyclic) bond motifs is 5. The van der Waals surface area contributed by atoms with Gasteiger partial charge in [0, 0.05) is 12.3 Å². The lowest BCUT2D eigenvalue weighted by Crippen LogP contribution is -2.39. The van der Waals surface area contributed by atoms with Crippen molar-refractivity contribution in [2.24, 2.45) is 28.1 Å². The Kier molecular flexibility index (Phi) is 1.85. The van der Waals surface area contributed by atoms with Crippen molar-refractivity contribution in [3.63, 3.8) is 0 Å². The highest BCUT2D eigenvalue weighted by Crippen LogP contribution is 2.76. The van der Waals surface area contributed by atoms with Crippen LogP contribution in [0.15, 0.2) is 0 Å². The van der Waals surface area contributed by atoms with Gasteiger partial charge in [0.2, 0.25) is 0 Å². The van der Waals surface area contributed by atoms with Crippen LogP contribution in [-0.4, -0.2) is 5.78 Å². The van der Waals surface area contributed by atoms with Crippen LogP contribution < -0.4 is 0 Å². The Morgan fingerprint density at radius 1 is 1.19 bits per heavy atom. The van der Waals surface area contributed by atoms with Crippen molar-refractivity contribution in [2.45, 2.75) is 59.8 Å². The molecule has 3 fully saturated rings. The fraction of sp³-hybridized carbons (Fsp3) is 0.933. The second kappa shape index (κ2) is 2.73. The first-order chi connectivity index (χ1) is 7.34. The van der Waals surface area contributed by atoms with Gasteiger partial charge in [0.1, 0.15) is 5.78 Å². The van der Waals surface area contributed by atoms with Gasteiger partial charge in [0.25, 0.3) is 0 Å². The number of carbonyl (C=O) groups is 1. The van der Waals surface area contributed by atoms with Crippen molar-refractivity contribution in [1.29, 1.82) is 0 Å². The van der Waals surface area contributed by atoms with E-state index >= 15 is 0 Å². The first-order valence-corrected chi connectivity index (χ1v) is 6.87. The van der Waals surface area contributed by atoms with E-state index in [9.17, 15) is 4.79 Å². The minimum Gasteiger partial charge on any atom is -0.299 e. The molecule has 0 amide bonds. The molecule has 16 heavy (non-hydrogen) atoms. The number of hydrogen-bond donors (Lipinski definition) is 0. The molecular weight excluding hydrogens is 196 g/mol. The van der Waals surface area contributed by atoms with Gasteiger partial charge < -0.3 is 0 Å². The molecule has 0 aromatic carbocycles. The molecule has 3 aliphatic carbocycles. The van der Waals surface area contributed by atoms with Crippen LogP contribution in [0.2, 0.25) is 0 Å². The summed E-state index contributed by atoms with van der Waals surface area (Å²) in [7, 11) is 0. The van der Waals surface area contributed by atoms with Crippen LogP contribution in [0, 0.1) is 28.1 Å². The Hall–Kier alpha value is -0.330. The molecule has 0 aliphatic heterocycles. The summed E-state index contributed by atoms with van der Waals surface area (Å²) >= 11 is 0. The summed E-state index contributed by atoms with van der Waals surface area (Å²) in [4.78, 5) is 12.2. The maximum Gasteiger partial charge on any atom is 0.136 e. The lowest BCUT2D eigenvalue weighted by atomic mass is 9.59. The number of Topliss-reactive ketones (excluding diaryl/α,β-unsaturated/α-hetero) is 1. The molecule has 5 atom stereocenters. The van der Waals surface area contributed by atoms with Crippen molar-refractivity contribution < 1.29 is 4.79 Å². The van der Waals surface area contributed by atoms with Crippen molar-refractivity contribution in [2.75, 3.05) is 0 Å². The highest BCUT2D eigenvalue weighted by atomic mass is 16.1. The largest absolute Gasteiger partial charge is 0.299 e. The summed E-state index contributed by atoms with van der Waals surface area (Å²) in [6.07, 6.45) is 6.21. The number of hydrogen-bond acceptors (Lipinski definition) is 1. The average molecular weight is 220 g/mol. The highest BCUT2D eigenvalue weighted by molar-refractivity contribution is 5.83. The number of ketones is 1. The monoisotopic (exact) mass is 220 g/mol. The van der Waals surface area contributed by atoms with Crippen LogP contribution in [0.5, 0.6) is 0 Å². The van der Waals surface area contributed by atoms with Crippen molar-refractivity contribution in [3.05, 3.63) is 0 Å². The second-order valence-electron chi connectivity index (χ2n) is 7.41. The topological polar surface area (TPSA) is 17.1 Å². The SMILES string of the molecule is C[C@H]1C(=O)C[C@]2(C)C[C@H]1[C@]1(C)CCC[C@]21C. The molecule has 3 aliphatic rings. The van der Waals surface area contributed by atoms with Crippen LogP contribution in [0.4, 0.5) is 0 Å². The molecule has 3 saturated carbocycles. The molecule has 0 radical (unpaired) electrons. The van der Waals surface area contributed by atoms with Crippen LogP contribution >= 0.6 is 0 Å². The van der Waals surface area contributed by atoms with Gasteiger partial charge in [-0.25, -0.2) is 0 Å². The summed E-state index contributed by atoms with van der Waals surface area (Å²) in [6.45, 7) is 9.53. The fourth-order valence-electron chi connectivity index (χ4n) is 5.66. The first-order valence-electron chi connectivity index (χ1n) is 6.87. The lowest BCUT2D eigenvalue weighted by Gasteiger charge is -2.45. The van der Waals surface area contributed by atoms with E-state index in [1.807, 2.05) is 0 Å². The minimum atomic E-state index is 0.298. The van der Waals surface area contributed by atoms with E-state index in [0.717, 1.165) is 6.42 Å². The zero-order valence-corrected chi connectivity index (χ0v) is 11.1. The maximum atomic E-state index is 12.2. The molecule has 0 aromatic heterocycles. The first kappa shape index (κ1) is 10.8. The van der Waals surface area contributed by atoms with Crippen LogP contribution in [0.1, 0.15) is 59.8 Å². The van der Waals surface area contributed by atoms with E-state index in [1.165, 1.54) is 25.7 Å². The van der Waals surface area contributed by atoms with Gasteiger partial charge in [-0.2, -0.15) is 0 Å². The van der Waals surface area contributed by atoms with Crippen molar-refractivity contribution in [3.8, 4) is 0 Å². The number of rotatable bonds is 0. The Morgan fingerprint density at radius 2 is 1.88 bits per heavy atom. The molecule has 0 saturated heterocycles. The van der Waals surface area contributed by atoms with E-state index in [2.05, 4.69) is 27.7 Å². The van der Waals surface area contributed by atoms with Crippen LogP contribution in [0.3, 0.4) is 0 Å². The third kappa shape index (κ3) is 0.889. The fourth-order valence-corrected chi connectivity index (χ4v) is 5.66. The van der Waals surface area contributed by atoms with Crippen LogP contribution in [0.25, 0.3) is 0 Å². The molecule has 0 aromatic rings. The summed E-state index contributed by atoms with van der Waals surface area (Å²) in [5.41, 5.74) is 1.16. The molecule has 0 heterocycles. The quantitative estimate of drug-likeness (QED) is 0.606. The van der Waals surface area contributed by atoms with Crippen LogP contribution in [-0.2, 0) is 4.79 Å². The third-order valence-electron chi connectivity index (χ3n) is 7.13. The van der Waals surface area contributed by atoms with Gasteiger partial charge in [-0.15, -0.1) is 0 Å². The van der Waals surface area contributed by atoms with Crippen molar-refractivity contribution >= 4 is 5.78 Å². The third-order valence-corrected chi connectivity index (χ3v) is 7.13. The van der Waals surface area contributed by atoms with Gasteiger partial charge >= 0.3 is 0 Å². The molecule has 0 spiro atoms. The smallest absolute Gasteiger partial charge is 0.136 e. The van der Waals surface area contributed by atoms with E-state index < -0.39 is 0 Å². The Bertz CT molecular complexity index is 360. The second-order valence-corrected chi connectivity index (χ2v) is 7.41. The predicted molar refractivity (Wildman–Crippen MR) is 65.1 cm³/mol. The highest BCUT2D eigenvalue weighted by Gasteiger charge is 2.70. The summed E-state index contributed by atoms with van der Waals surface area (Å²) in [5.74, 6) is 1.51. The minimum absolute atomic E-state index is 0.298. The zero-order valence-electron chi connectivity index (χ0n) is 11.1. The van der Waals surface area contributed by atoms with Gasteiger partial charge in [-0.3, -0.25) is 4.79 Å². The average Bonchev–Trinajstić information content (AvgIpc) is 2.57. The molecule has 1 heteroatoms. The Labute approximate surface area is 99.0 Å². The molecule has 0 N–H and O–H groups in total. The molecule has 0 unspecified atom stereocenters. The van der Waals surface area contributed by atoms with Crippen molar-refractivity contribution in [1.82, 2.24) is 0 Å². The van der Waals surface area contributed by atoms with Gasteiger partial charge in [-0.05, 0) is 41.4 Å². The maximum absolute atomic E-state index is 12.2. The summed E-state index contributed by atoms with van der Waals surface area (Å²) in [6, 6.07) is 0. The van der Waals surface area contributed by atoms with Gasteiger partial charge in [0.15, 0.2) is 0 Å². The van der Waals surface area contributed by atoms with E-state index in [4.69, 9.17) is 0 Å². The molecule has 1 nitrogen and oxygen atoms in total. The Balaban J connectivity index is 2.16. The van der Waals surface area contributed by atoms with Gasteiger partial charge in [-0.1, -0.05) is 34.1 Å². The molecule has 3 rings (SSSR count). The van der Waals surface area contributed by atoms with E-state index in [0.29, 0.717) is 33.9 Å². The normalized spacial score (nSPS) is 60.1. The summed E-state index contributed by atoms with van der Waals surface area (Å²) in [5, 5.41) is 0. The molecule has 2 bridgehead atoms.